The molecule has 4 rings (SSSR count). The summed E-state index contributed by atoms with van der Waals surface area (Å²) in [5.41, 5.74) is 1.43. The molecule has 6 heteroatoms. The number of amides is 1. The summed E-state index contributed by atoms with van der Waals surface area (Å²) in [5.74, 6) is -0.305. The molecule has 0 saturated carbocycles. The van der Waals surface area contributed by atoms with E-state index in [2.05, 4.69) is 4.90 Å². The monoisotopic (exact) mass is 362 g/mol. The molecular weight excluding hydrogens is 340 g/mol. The molecule has 3 aliphatic rings. The molecule has 1 aliphatic carbocycles. The first-order chi connectivity index (χ1) is 12.1. The molecule has 25 heavy (non-hydrogen) atoms. The average molecular weight is 363 g/mol. The number of Topliss-reactive ketones (excluding diaryl/α,β-unsaturated/α-hetero) is 1. The molecule has 0 bridgehead atoms. The van der Waals surface area contributed by atoms with Crippen LogP contribution in [-0.4, -0.2) is 66.9 Å². The minimum absolute atomic E-state index is 0.0141. The maximum Gasteiger partial charge on any atom is 0.231 e. The van der Waals surface area contributed by atoms with Crippen molar-refractivity contribution in [3.63, 3.8) is 0 Å². The van der Waals surface area contributed by atoms with Gasteiger partial charge in [0.25, 0.3) is 0 Å². The summed E-state index contributed by atoms with van der Waals surface area (Å²) in [4.78, 5) is 29.9. The Hall–Kier alpha value is -1.43. The maximum absolute atomic E-state index is 13.2. The quantitative estimate of drug-likeness (QED) is 0.828. The van der Waals surface area contributed by atoms with Crippen LogP contribution in [0.25, 0.3) is 0 Å². The summed E-state index contributed by atoms with van der Waals surface area (Å²) < 4.78 is 5.64. The van der Waals surface area contributed by atoms with Gasteiger partial charge in [-0.1, -0.05) is 17.7 Å². The van der Waals surface area contributed by atoms with E-state index in [0.29, 0.717) is 30.3 Å². The maximum atomic E-state index is 13.2. The van der Waals surface area contributed by atoms with Crippen LogP contribution in [0.2, 0.25) is 5.02 Å². The van der Waals surface area contributed by atoms with Gasteiger partial charge in [0.1, 0.15) is 0 Å². The zero-order valence-electron chi connectivity index (χ0n) is 14.2. The van der Waals surface area contributed by atoms with Crippen LogP contribution < -0.4 is 0 Å². The molecule has 0 aromatic heterocycles. The molecule has 0 spiro atoms. The molecule has 134 valence electrons. The molecule has 2 aliphatic heterocycles. The van der Waals surface area contributed by atoms with Crippen molar-refractivity contribution in [2.24, 2.45) is 0 Å². The van der Waals surface area contributed by atoms with Gasteiger partial charge in [-0.3, -0.25) is 9.59 Å². The van der Waals surface area contributed by atoms with Crippen molar-refractivity contribution in [2.75, 3.05) is 39.4 Å². The predicted octanol–water partition coefficient (Wildman–Crippen LogP) is 2.33. The predicted molar refractivity (Wildman–Crippen MR) is 95.1 cm³/mol. The molecule has 2 atom stereocenters. The average Bonchev–Trinajstić information content (AvgIpc) is 3.23. The number of halogens is 1. The van der Waals surface area contributed by atoms with Gasteiger partial charge in [0.05, 0.1) is 25.2 Å². The number of carbonyl (C=O) groups excluding carboxylic acids is 2. The zero-order valence-corrected chi connectivity index (χ0v) is 15.0. The van der Waals surface area contributed by atoms with Gasteiger partial charge in [0, 0.05) is 30.1 Å². The largest absolute Gasteiger partial charge is 0.377 e. The van der Waals surface area contributed by atoms with Gasteiger partial charge in [-0.25, -0.2) is 0 Å². The number of hydrogen-bond donors (Lipinski definition) is 0. The Labute approximate surface area is 152 Å². The van der Waals surface area contributed by atoms with Crippen molar-refractivity contribution in [1.82, 2.24) is 9.80 Å². The summed E-state index contributed by atoms with van der Waals surface area (Å²) >= 11 is 6.01. The molecular formula is C19H23ClN2O3. The first-order valence-corrected chi connectivity index (χ1v) is 9.44. The highest BCUT2D eigenvalue weighted by Crippen LogP contribution is 2.36. The van der Waals surface area contributed by atoms with Crippen LogP contribution >= 0.6 is 11.6 Å². The Kier molecular flexibility index (Phi) is 4.80. The number of ketones is 1. The first-order valence-electron chi connectivity index (χ1n) is 9.06. The number of hydrogen-bond acceptors (Lipinski definition) is 4. The van der Waals surface area contributed by atoms with E-state index in [9.17, 15) is 9.59 Å². The Balaban J connectivity index is 1.54. The van der Waals surface area contributed by atoms with E-state index in [0.717, 1.165) is 25.2 Å². The summed E-state index contributed by atoms with van der Waals surface area (Å²) in [6.45, 7) is 4.81. The van der Waals surface area contributed by atoms with E-state index < -0.39 is 0 Å². The Bertz CT molecular complexity index is 687. The van der Waals surface area contributed by atoms with Crippen molar-refractivity contribution >= 4 is 23.3 Å². The van der Waals surface area contributed by atoms with Crippen LogP contribution in [0, 0.1) is 0 Å². The lowest BCUT2D eigenvalue weighted by Crippen LogP contribution is -2.54. The van der Waals surface area contributed by atoms with E-state index in [1.165, 1.54) is 12.8 Å². The number of rotatable bonds is 3. The van der Waals surface area contributed by atoms with E-state index in [1.54, 1.807) is 12.1 Å². The number of carbonyl (C=O) groups is 2. The van der Waals surface area contributed by atoms with E-state index in [4.69, 9.17) is 16.3 Å². The minimum Gasteiger partial charge on any atom is -0.377 e. The SMILES string of the molecule is O=C1CC(C(=O)N2CCOCC2CN2CCCC2)c2ccc(Cl)cc21. The highest BCUT2D eigenvalue weighted by Gasteiger charge is 2.39. The molecule has 1 aromatic rings. The second kappa shape index (κ2) is 7.06. The van der Waals surface area contributed by atoms with Crippen LogP contribution in [0.5, 0.6) is 0 Å². The van der Waals surface area contributed by atoms with Gasteiger partial charge >= 0.3 is 0 Å². The van der Waals surface area contributed by atoms with Gasteiger partial charge in [0.15, 0.2) is 5.78 Å². The summed E-state index contributed by atoms with van der Waals surface area (Å²) in [6, 6.07) is 5.36. The van der Waals surface area contributed by atoms with Crippen molar-refractivity contribution < 1.29 is 14.3 Å². The molecule has 5 nitrogen and oxygen atoms in total. The van der Waals surface area contributed by atoms with Crippen LogP contribution in [-0.2, 0) is 9.53 Å². The summed E-state index contributed by atoms with van der Waals surface area (Å²) in [5, 5.41) is 0.540. The molecule has 1 amide bonds. The number of nitrogens with zero attached hydrogens (tertiary/aromatic N) is 2. The topological polar surface area (TPSA) is 49.9 Å². The molecule has 2 unspecified atom stereocenters. The number of fused-ring (bicyclic) bond motifs is 1. The third-order valence-electron chi connectivity index (χ3n) is 5.56. The fourth-order valence-corrected chi connectivity index (χ4v) is 4.43. The minimum atomic E-state index is -0.376. The Morgan fingerprint density at radius 1 is 1.24 bits per heavy atom. The zero-order chi connectivity index (χ0) is 17.4. The standard InChI is InChI=1S/C19H23ClN2O3/c20-13-3-4-15-16(9-13)18(23)10-17(15)19(24)22-7-8-25-12-14(22)11-21-5-1-2-6-21/h3-4,9,14,17H,1-2,5-8,10-12H2. The van der Waals surface area contributed by atoms with E-state index >= 15 is 0 Å². The molecule has 2 saturated heterocycles. The van der Waals surface area contributed by atoms with Crippen LogP contribution in [0.4, 0.5) is 0 Å². The van der Waals surface area contributed by atoms with Crippen molar-refractivity contribution in [3.8, 4) is 0 Å². The Morgan fingerprint density at radius 2 is 2.04 bits per heavy atom. The highest BCUT2D eigenvalue weighted by atomic mass is 35.5. The second-order valence-corrected chi connectivity index (χ2v) is 7.62. The van der Waals surface area contributed by atoms with E-state index in [-0.39, 0.29) is 30.1 Å². The third kappa shape index (κ3) is 3.33. The number of morpholine rings is 1. The van der Waals surface area contributed by atoms with Crippen LogP contribution in [0.15, 0.2) is 18.2 Å². The summed E-state index contributed by atoms with van der Waals surface area (Å²) in [6.07, 6.45) is 2.71. The Morgan fingerprint density at radius 3 is 2.84 bits per heavy atom. The molecule has 1 aromatic carbocycles. The van der Waals surface area contributed by atoms with E-state index in [1.807, 2.05) is 11.0 Å². The highest BCUT2D eigenvalue weighted by molar-refractivity contribution is 6.31. The fraction of sp³-hybridized carbons (Fsp3) is 0.579. The van der Waals surface area contributed by atoms with Gasteiger partial charge < -0.3 is 14.5 Å². The number of likely N-dealkylation sites (tertiary alicyclic amines) is 1. The van der Waals surface area contributed by atoms with Gasteiger partial charge in [-0.15, -0.1) is 0 Å². The van der Waals surface area contributed by atoms with Gasteiger partial charge in [0.2, 0.25) is 5.91 Å². The first kappa shape index (κ1) is 17.0. The molecule has 2 fully saturated rings. The number of benzene rings is 1. The lowest BCUT2D eigenvalue weighted by atomic mass is 9.98. The molecule has 0 N–H and O–H groups in total. The normalized spacial score (nSPS) is 26.9. The number of ether oxygens (including phenoxy) is 1. The molecule has 2 heterocycles. The van der Waals surface area contributed by atoms with Gasteiger partial charge in [-0.2, -0.15) is 0 Å². The van der Waals surface area contributed by atoms with Crippen molar-refractivity contribution in [2.45, 2.75) is 31.2 Å². The van der Waals surface area contributed by atoms with Crippen LogP contribution in [0.1, 0.15) is 41.1 Å². The second-order valence-electron chi connectivity index (χ2n) is 7.18. The van der Waals surface area contributed by atoms with Crippen LogP contribution in [0.3, 0.4) is 0 Å². The van der Waals surface area contributed by atoms with Crippen molar-refractivity contribution in [3.05, 3.63) is 34.3 Å². The van der Waals surface area contributed by atoms with Gasteiger partial charge in [-0.05, 0) is 43.6 Å². The smallest absolute Gasteiger partial charge is 0.231 e. The molecule has 0 radical (unpaired) electrons. The van der Waals surface area contributed by atoms with Crippen molar-refractivity contribution in [1.29, 1.82) is 0 Å². The lowest BCUT2D eigenvalue weighted by Gasteiger charge is -2.39. The fourth-order valence-electron chi connectivity index (χ4n) is 4.26. The lowest BCUT2D eigenvalue weighted by molar-refractivity contribution is -0.142. The summed E-state index contributed by atoms with van der Waals surface area (Å²) in [7, 11) is 0. The third-order valence-corrected chi connectivity index (χ3v) is 5.79.